The number of aryl methyl sites for hydroxylation is 1. The second-order valence-electron chi connectivity index (χ2n) is 40.3. The highest BCUT2D eigenvalue weighted by Gasteiger charge is 2.44. The fourth-order valence-electron chi connectivity index (χ4n) is 16.7. The van der Waals surface area contributed by atoms with Crippen molar-refractivity contribution < 1.29 is 93.3 Å². The van der Waals surface area contributed by atoms with Crippen LogP contribution in [0.5, 0.6) is 0 Å². The number of fused-ring (bicyclic) bond motifs is 5. The summed E-state index contributed by atoms with van der Waals surface area (Å²) in [6.45, 7) is 37.4. The number of likely N-dealkylation sites (tertiary alicyclic amines) is 1. The second kappa shape index (κ2) is 45.7. The molecule has 0 bridgehead atoms. The summed E-state index contributed by atoms with van der Waals surface area (Å²) in [4.78, 5) is 152. The monoisotopic (exact) mass is 2070 g/mol. The average Bonchev–Trinajstić information content (AvgIpc) is 1.68. The molecule has 9 amide bonds. The Hall–Kier alpha value is -13.1. The number of thiazole rings is 1. The summed E-state index contributed by atoms with van der Waals surface area (Å²) in [6.07, 6.45) is 5.84. The SMILES string of the molecule is CC(C)(C)[C@H](NC(=O)c1nc(-c2ccc(F)c(F)c2)n2c1COCC2)C(=O)N1CCC1.CNC(=O)[C@@H](NC(=O)c1nc(-c2ccc(Cl)cc2F)n2c1COCC2)C(C)(C)C.CNC(=O)[C@@H](NC(=O)c1nc(-c2ccncc2Cl)n2c1COCC2)C(C)(C)C.CNC(=O)[C@@H](NC(=O)c1nc(-c2nccs2)n2c1COCC2)C(C)(C)C.Cc1noc([C@@H](NC(=O)c2nc(-c3ccc(F)c(F)c3)n3c2COCC3)C(C)(C)C)n1. The van der Waals surface area contributed by atoms with E-state index in [1.54, 1.807) is 70.3 Å². The summed E-state index contributed by atoms with van der Waals surface area (Å²) in [7, 11) is 4.62. The maximum atomic E-state index is 14.5. The van der Waals surface area contributed by atoms with Crippen molar-refractivity contribution in [1.29, 1.82) is 0 Å². The number of hydrogen-bond donors (Lipinski definition) is 8. The van der Waals surface area contributed by atoms with Crippen molar-refractivity contribution in [3.05, 3.63) is 192 Å². The number of imidazole rings is 5. The first-order valence-electron chi connectivity index (χ1n) is 47.0. The molecule has 6 aliphatic heterocycles. The summed E-state index contributed by atoms with van der Waals surface area (Å²) in [5.74, 6) is -4.48. The minimum atomic E-state index is -0.985. The van der Waals surface area contributed by atoms with Crippen molar-refractivity contribution >= 4 is 87.7 Å². The lowest BCUT2D eigenvalue weighted by Gasteiger charge is -2.38. The van der Waals surface area contributed by atoms with Gasteiger partial charge in [-0.3, -0.25) is 48.1 Å². The van der Waals surface area contributed by atoms with E-state index in [0.29, 0.717) is 176 Å². The predicted molar refractivity (Wildman–Crippen MR) is 525 cm³/mol. The molecular formula is C99H120Cl2F5N23O15S. The largest absolute Gasteiger partial charge is 0.373 e. The molecule has 776 valence electrons. The van der Waals surface area contributed by atoms with Crippen LogP contribution in [0, 0.1) is 63.1 Å². The molecular weight excluding hydrogens is 1950 g/mol. The molecule has 0 spiro atoms. The number of likely N-dealkylation sites (N-methyl/N-ethyl adjacent to an activating group) is 3. The summed E-state index contributed by atoms with van der Waals surface area (Å²) in [6, 6.07) is 9.72. The van der Waals surface area contributed by atoms with E-state index in [2.05, 4.69) is 87.6 Å². The van der Waals surface area contributed by atoms with Gasteiger partial charge in [0.25, 0.3) is 29.5 Å². The number of benzene rings is 3. The van der Waals surface area contributed by atoms with Crippen LogP contribution in [0.4, 0.5) is 22.0 Å². The molecule has 17 rings (SSSR count). The maximum Gasteiger partial charge on any atom is 0.272 e. The van der Waals surface area contributed by atoms with E-state index in [1.165, 1.54) is 42.6 Å². The van der Waals surface area contributed by atoms with Crippen molar-refractivity contribution in [3.8, 4) is 56.4 Å². The summed E-state index contributed by atoms with van der Waals surface area (Å²) in [5, 5.41) is 29.2. The first-order chi connectivity index (χ1) is 68.5. The number of nitrogens with zero attached hydrogens (tertiary/aromatic N) is 15. The van der Waals surface area contributed by atoms with E-state index in [0.717, 1.165) is 35.7 Å². The number of ether oxygens (including phenoxy) is 5. The van der Waals surface area contributed by atoms with Gasteiger partial charge < -0.3 is 98.5 Å². The first kappa shape index (κ1) is 109. The van der Waals surface area contributed by atoms with Crippen LogP contribution in [0.3, 0.4) is 0 Å². The highest BCUT2D eigenvalue weighted by molar-refractivity contribution is 7.13. The highest BCUT2D eigenvalue weighted by atomic mass is 35.5. The number of carbonyl (C=O) groups is 9. The van der Waals surface area contributed by atoms with E-state index in [4.69, 9.17) is 51.4 Å². The Kier molecular flexibility index (Phi) is 34.4. The molecule has 3 aromatic carbocycles. The van der Waals surface area contributed by atoms with Gasteiger partial charge in [0.2, 0.25) is 29.5 Å². The lowest BCUT2D eigenvalue weighted by molar-refractivity contribution is -0.139. The van der Waals surface area contributed by atoms with Gasteiger partial charge in [-0.15, -0.1) is 11.3 Å². The van der Waals surface area contributed by atoms with Crippen molar-refractivity contribution in [2.24, 2.45) is 27.1 Å². The quantitative estimate of drug-likeness (QED) is 0.0329. The van der Waals surface area contributed by atoms with E-state index in [-0.39, 0.29) is 95.0 Å². The van der Waals surface area contributed by atoms with Crippen LogP contribution in [0.2, 0.25) is 10.0 Å². The van der Waals surface area contributed by atoms with Gasteiger partial charge in [0.1, 0.15) is 59.3 Å². The van der Waals surface area contributed by atoms with Crippen LogP contribution in [-0.4, -0.2) is 217 Å². The molecule has 0 unspecified atom stereocenters. The minimum absolute atomic E-state index is 0.114. The molecule has 8 N–H and O–H groups in total. The van der Waals surface area contributed by atoms with E-state index in [9.17, 15) is 65.1 Å². The number of nitrogens with one attached hydrogen (secondary N) is 8. The van der Waals surface area contributed by atoms with Gasteiger partial charge >= 0.3 is 0 Å². The molecule has 0 aliphatic carbocycles. The zero-order valence-corrected chi connectivity index (χ0v) is 86.4. The van der Waals surface area contributed by atoms with Crippen molar-refractivity contribution in [2.45, 2.75) is 213 Å². The van der Waals surface area contributed by atoms with Gasteiger partial charge in [-0.25, -0.2) is 51.9 Å². The average molecular weight is 2070 g/mol. The standard InChI is InChI=1S/C22H26F2N4O3.C21H23F2N5O3.C20H24ClFN4O3.C19H24ClN5O3.C17H23N5O3S/c1-22(2,3)18(21(30)27-7-4-8-27)26-20(29)17-16-12-31-10-9-28(16)19(25-17)13-5-6-14(23)15(24)11-13;1-11-24-20(31-27-11)17(21(2,3)4)26-19(29)16-15-10-30-8-7-28(15)18(25-16)12-5-6-13(22)14(23)9-12;1-20(2,3)16(19(28)23-4)25-18(27)15-14-10-29-8-7-26(14)17(24-15)12-6-5-11(21)9-13(12)22;1-19(2,3)15(18(27)21-4)24-17(26)14-13-10-28-8-7-25(13)16(23-14)11-5-6-22-9-12(11)20;1-17(2,3)12(15(24)18-4)21-14(23)11-10-9-25-7-6-22(10)13(20-11)16-19-5-8-26-16/h5-6,11,18H,4,7-10,12H2,1-3H3,(H,26,29);5-6,9,17H,7-8,10H2,1-4H3,(H,26,29);5-6,9,16H,7-8,10H2,1-4H3,(H,23,28)(H,25,27);5-6,9,15H,7-8,10H2,1-4H3,(H,21,27)(H,24,26);5,8,12H,6-7,9H2,1-4H3,(H,18,24)(H,21,23)/t18-;17-;16-;15-;12-/m11111/s1. The van der Waals surface area contributed by atoms with E-state index < -0.39 is 110 Å². The van der Waals surface area contributed by atoms with E-state index >= 15 is 0 Å². The van der Waals surface area contributed by atoms with Crippen molar-refractivity contribution in [2.75, 3.05) is 67.3 Å². The predicted octanol–water partition coefficient (Wildman–Crippen LogP) is 12.5. The van der Waals surface area contributed by atoms with Gasteiger partial charge in [0.05, 0.1) is 105 Å². The Morgan fingerprint density at radius 2 is 0.766 bits per heavy atom. The van der Waals surface area contributed by atoms with Gasteiger partial charge in [-0.1, -0.05) is 132 Å². The molecule has 145 heavy (non-hydrogen) atoms. The molecule has 46 heteroatoms. The molecule has 11 aromatic rings. The molecule has 0 saturated carbocycles. The number of halogens is 7. The Morgan fingerprint density at radius 3 is 1.10 bits per heavy atom. The van der Waals surface area contributed by atoms with Gasteiger partial charge in [0.15, 0.2) is 68.4 Å². The van der Waals surface area contributed by atoms with E-state index in [1.807, 2.05) is 118 Å². The fourth-order valence-corrected chi connectivity index (χ4v) is 17.6. The van der Waals surface area contributed by atoms with Crippen LogP contribution in [0.1, 0.15) is 209 Å². The normalized spacial score (nSPS) is 15.4. The summed E-state index contributed by atoms with van der Waals surface area (Å²) in [5.41, 5.74) is 3.29. The van der Waals surface area contributed by atoms with Gasteiger partial charge in [-0.05, 0) is 101 Å². The molecule has 1 fully saturated rings. The number of aromatic nitrogens is 14. The third-order valence-electron chi connectivity index (χ3n) is 24.5. The molecule has 14 heterocycles. The second-order valence-corrected chi connectivity index (χ2v) is 42.1. The zero-order chi connectivity index (χ0) is 105. The topological polar surface area (TPSA) is 453 Å². The lowest BCUT2D eigenvalue weighted by Crippen LogP contribution is -2.57. The fraction of sp³-hybridized carbons (Fsp3) is 0.475. The smallest absolute Gasteiger partial charge is 0.272 e. The van der Waals surface area contributed by atoms with Crippen molar-refractivity contribution in [1.82, 2.24) is 115 Å². The third-order valence-corrected chi connectivity index (χ3v) is 25.8. The van der Waals surface area contributed by atoms with Crippen LogP contribution in [0.15, 0.2) is 89.2 Å². The zero-order valence-electron chi connectivity index (χ0n) is 84.1. The van der Waals surface area contributed by atoms with Crippen LogP contribution in [0.25, 0.3) is 56.4 Å². The summed E-state index contributed by atoms with van der Waals surface area (Å²) >= 11 is 13.6. The third kappa shape index (κ3) is 25.2. The van der Waals surface area contributed by atoms with Gasteiger partial charge in [-0.2, -0.15) is 4.98 Å². The van der Waals surface area contributed by atoms with Crippen molar-refractivity contribution in [3.63, 3.8) is 0 Å². The Balaban J connectivity index is 0.000000152. The van der Waals surface area contributed by atoms with Gasteiger partial charge in [0, 0.05) is 113 Å². The number of pyridine rings is 1. The minimum Gasteiger partial charge on any atom is -0.373 e. The van der Waals surface area contributed by atoms with Crippen LogP contribution in [-0.2, 0) is 109 Å². The number of carbonyl (C=O) groups excluding carboxylic acids is 9. The molecule has 6 aliphatic rings. The number of hydrogen-bond acceptors (Lipinski definition) is 25. The molecule has 8 aromatic heterocycles. The Bertz CT molecular complexity index is 6640. The highest BCUT2D eigenvalue weighted by Crippen LogP contribution is 2.39. The molecule has 1 saturated heterocycles. The van der Waals surface area contributed by atoms with Crippen LogP contribution >= 0.6 is 34.5 Å². The molecule has 0 radical (unpaired) electrons. The van der Waals surface area contributed by atoms with Crippen LogP contribution < -0.4 is 42.5 Å². The number of amides is 9. The lowest BCUT2D eigenvalue weighted by atomic mass is 9.85. The Morgan fingerprint density at radius 1 is 0.400 bits per heavy atom. The summed E-state index contributed by atoms with van der Waals surface area (Å²) < 4.78 is 111. The molecule has 5 atom stereocenters. The Labute approximate surface area is 848 Å². The maximum absolute atomic E-state index is 14.5. The number of rotatable bonds is 20. The first-order valence-corrected chi connectivity index (χ1v) is 48.6. The molecule has 38 nitrogen and oxygen atoms in total.